The molecule has 1 aliphatic rings. The molecule has 0 aliphatic carbocycles. The lowest BCUT2D eigenvalue weighted by Gasteiger charge is -2.14. The first-order valence-electron chi connectivity index (χ1n) is 9.11. The second-order valence-corrected chi connectivity index (χ2v) is 6.70. The van der Waals surface area contributed by atoms with Gasteiger partial charge in [0, 0.05) is 46.3 Å². The summed E-state index contributed by atoms with van der Waals surface area (Å²) in [5, 5.41) is 6.75. The van der Waals surface area contributed by atoms with Crippen LogP contribution in [0, 0.1) is 0 Å². The number of nitrogens with zero attached hydrogens (tertiary/aromatic N) is 2. The first kappa shape index (κ1) is 18.1. The average Bonchev–Trinajstić information content (AvgIpc) is 3.12. The van der Waals surface area contributed by atoms with Crippen molar-refractivity contribution in [2.75, 3.05) is 39.2 Å². The third-order valence-electron chi connectivity index (χ3n) is 4.60. The van der Waals surface area contributed by atoms with Crippen molar-refractivity contribution in [1.29, 1.82) is 0 Å². The molecule has 0 spiro atoms. The first-order valence-corrected chi connectivity index (χ1v) is 9.11. The van der Waals surface area contributed by atoms with Gasteiger partial charge < -0.3 is 20.3 Å². The highest BCUT2D eigenvalue weighted by molar-refractivity contribution is 5.79. The molecule has 0 radical (unpaired) electrons. The number of guanidine groups is 1. The summed E-state index contributed by atoms with van der Waals surface area (Å²) >= 11 is 0. The van der Waals surface area contributed by atoms with E-state index in [1.807, 2.05) is 14.1 Å². The molecule has 0 bridgehead atoms. The van der Waals surface area contributed by atoms with E-state index in [2.05, 4.69) is 63.0 Å². The molecule has 5 nitrogen and oxygen atoms in total. The molecule has 1 aliphatic heterocycles. The number of aliphatic imine (C=N–C) groups is 1. The zero-order valence-corrected chi connectivity index (χ0v) is 15.9. The number of hydrogen-bond acceptors (Lipinski definition) is 3. The van der Waals surface area contributed by atoms with Crippen molar-refractivity contribution >= 4 is 11.6 Å². The Morgan fingerprint density at radius 2 is 1.85 bits per heavy atom. The van der Waals surface area contributed by atoms with Gasteiger partial charge in [0.25, 0.3) is 0 Å². The summed E-state index contributed by atoms with van der Waals surface area (Å²) in [6.45, 7) is 2.41. The van der Waals surface area contributed by atoms with Crippen LogP contribution in [0.4, 0.5) is 5.69 Å². The smallest absolute Gasteiger partial charge is 0.191 e. The molecule has 0 atom stereocenters. The van der Waals surface area contributed by atoms with Crippen molar-refractivity contribution in [3.63, 3.8) is 0 Å². The van der Waals surface area contributed by atoms with Crippen LogP contribution in [0.3, 0.4) is 0 Å². The largest absolute Gasteiger partial charge is 0.493 e. The van der Waals surface area contributed by atoms with Gasteiger partial charge in [-0.15, -0.1) is 0 Å². The van der Waals surface area contributed by atoms with E-state index < -0.39 is 0 Å². The monoisotopic (exact) mass is 352 g/mol. The summed E-state index contributed by atoms with van der Waals surface area (Å²) in [5.41, 5.74) is 5.09. The van der Waals surface area contributed by atoms with Gasteiger partial charge in [-0.3, -0.25) is 4.99 Å². The van der Waals surface area contributed by atoms with Crippen LogP contribution in [0.1, 0.15) is 16.7 Å². The summed E-state index contributed by atoms with van der Waals surface area (Å²) in [5.74, 6) is 1.87. The van der Waals surface area contributed by atoms with E-state index in [9.17, 15) is 0 Å². The Morgan fingerprint density at radius 3 is 2.58 bits per heavy atom. The minimum atomic E-state index is 0.754. The molecule has 2 aromatic carbocycles. The fourth-order valence-electron chi connectivity index (χ4n) is 3.04. The Labute approximate surface area is 156 Å². The first-order chi connectivity index (χ1) is 12.7. The number of ether oxygens (including phenoxy) is 1. The maximum absolute atomic E-state index is 5.56. The summed E-state index contributed by atoms with van der Waals surface area (Å²) in [7, 11) is 5.90. The van der Waals surface area contributed by atoms with Crippen LogP contribution >= 0.6 is 0 Å². The van der Waals surface area contributed by atoms with Gasteiger partial charge in [0.15, 0.2) is 5.96 Å². The van der Waals surface area contributed by atoms with Crippen molar-refractivity contribution in [3.8, 4) is 5.75 Å². The molecule has 0 amide bonds. The van der Waals surface area contributed by atoms with Crippen molar-refractivity contribution in [2.45, 2.75) is 19.4 Å². The Hall–Kier alpha value is -2.69. The molecule has 2 aromatic rings. The predicted octanol–water partition coefficient (Wildman–Crippen LogP) is 2.60. The number of benzene rings is 2. The summed E-state index contributed by atoms with van der Waals surface area (Å²) in [6, 6.07) is 15.0. The van der Waals surface area contributed by atoms with E-state index in [1.54, 1.807) is 7.05 Å². The molecule has 0 aromatic heterocycles. The number of hydrogen-bond donors (Lipinski definition) is 2. The lowest BCUT2D eigenvalue weighted by atomic mass is 10.1. The number of anilines is 1. The second-order valence-electron chi connectivity index (χ2n) is 6.70. The predicted molar refractivity (Wildman–Crippen MR) is 108 cm³/mol. The zero-order valence-electron chi connectivity index (χ0n) is 15.9. The van der Waals surface area contributed by atoms with Gasteiger partial charge in [-0.1, -0.05) is 24.3 Å². The summed E-state index contributed by atoms with van der Waals surface area (Å²) in [4.78, 5) is 6.40. The minimum absolute atomic E-state index is 0.754. The molecule has 0 unspecified atom stereocenters. The van der Waals surface area contributed by atoms with E-state index in [-0.39, 0.29) is 0 Å². The third kappa shape index (κ3) is 4.69. The molecule has 2 N–H and O–H groups in total. The van der Waals surface area contributed by atoms with Crippen molar-refractivity contribution in [2.24, 2.45) is 4.99 Å². The zero-order chi connectivity index (χ0) is 18.4. The van der Waals surface area contributed by atoms with E-state index in [4.69, 9.17) is 4.74 Å². The van der Waals surface area contributed by atoms with E-state index >= 15 is 0 Å². The van der Waals surface area contributed by atoms with E-state index in [0.717, 1.165) is 44.2 Å². The molecule has 1 heterocycles. The van der Waals surface area contributed by atoms with Gasteiger partial charge >= 0.3 is 0 Å². The van der Waals surface area contributed by atoms with Gasteiger partial charge in [0.1, 0.15) is 5.75 Å². The van der Waals surface area contributed by atoms with Crippen LogP contribution in [-0.4, -0.2) is 40.3 Å². The Morgan fingerprint density at radius 1 is 1.08 bits per heavy atom. The highest BCUT2D eigenvalue weighted by Gasteiger charge is 2.11. The van der Waals surface area contributed by atoms with Crippen molar-refractivity contribution in [1.82, 2.24) is 10.6 Å². The van der Waals surface area contributed by atoms with Crippen LogP contribution in [0.5, 0.6) is 5.75 Å². The molecule has 3 rings (SSSR count). The number of rotatable bonds is 6. The summed E-state index contributed by atoms with van der Waals surface area (Å²) in [6.07, 6.45) is 1.98. The Kier molecular flexibility index (Phi) is 6.00. The SMILES string of the molecule is CN=C(NCCc1ccc2c(c1)CCO2)NCc1ccc(N(C)C)cc1. The molecule has 26 heavy (non-hydrogen) atoms. The lowest BCUT2D eigenvalue weighted by molar-refractivity contribution is 0.357. The molecule has 5 heteroatoms. The Bertz CT molecular complexity index is 753. The summed E-state index contributed by atoms with van der Waals surface area (Å²) < 4.78 is 5.56. The van der Waals surface area contributed by atoms with Crippen molar-refractivity contribution in [3.05, 3.63) is 59.2 Å². The maximum Gasteiger partial charge on any atom is 0.191 e. The Balaban J connectivity index is 1.44. The van der Waals surface area contributed by atoms with E-state index in [1.165, 1.54) is 22.4 Å². The second kappa shape index (κ2) is 8.61. The standard InChI is InChI=1S/C21H28N4O/c1-22-21(24-15-17-4-7-19(8-5-17)25(2)3)23-12-10-16-6-9-20-18(14-16)11-13-26-20/h4-9,14H,10-13,15H2,1-3H3,(H2,22,23,24). The van der Waals surface area contributed by atoms with Gasteiger partial charge in [0.2, 0.25) is 0 Å². The fourth-order valence-corrected chi connectivity index (χ4v) is 3.04. The highest BCUT2D eigenvalue weighted by atomic mass is 16.5. The molecule has 0 fully saturated rings. The molecule has 0 saturated heterocycles. The molecule has 138 valence electrons. The van der Waals surface area contributed by atoms with Crippen LogP contribution in [0.2, 0.25) is 0 Å². The van der Waals surface area contributed by atoms with Crippen molar-refractivity contribution < 1.29 is 4.74 Å². The van der Waals surface area contributed by atoms with Gasteiger partial charge in [-0.05, 0) is 41.3 Å². The quantitative estimate of drug-likeness (QED) is 0.620. The molecular weight excluding hydrogens is 324 g/mol. The van der Waals surface area contributed by atoms with Gasteiger partial charge in [-0.2, -0.15) is 0 Å². The minimum Gasteiger partial charge on any atom is -0.493 e. The van der Waals surface area contributed by atoms with Gasteiger partial charge in [-0.25, -0.2) is 0 Å². The van der Waals surface area contributed by atoms with Crippen LogP contribution in [-0.2, 0) is 19.4 Å². The van der Waals surface area contributed by atoms with Crippen LogP contribution in [0.15, 0.2) is 47.5 Å². The van der Waals surface area contributed by atoms with Gasteiger partial charge in [0.05, 0.1) is 6.61 Å². The average molecular weight is 352 g/mol. The lowest BCUT2D eigenvalue weighted by Crippen LogP contribution is -2.37. The number of nitrogens with one attached hydrogen (secondary N) is 2. The molecule has 0 saturated carbocycles. The highest BCUT2D eigenvalue weighted by Crippen LogP contribution is 2.25. The third-order valence-corrected chi connectivity index (χ3v) is 4.60. The number of fused-ring (bicyclic) bond motifs is 1. The van der Waals surface area contributed by atoms with Crippen LogP contribution < -0.4 is 20.3 Å². The maximum atomic E-state index is 5.56. The van der Waals surface area contributed by atoms with E-state index in [0.29, 0.717) is 0 Å². The molecular formula is C21H28N4O. The normalized spacial score (nSPS) is 13.1. The fraction of sp³-hybridized carbons (Fsp3) is 0.381. The topological polar surface area (TPSA) is 48.9 Å². The van der Waals surface area contributed by atoms with Crippen LogP contribution in [0.25, 0.3) is 0 Å².